The van der Waals surface area contributed by atoms with Gasteiger partial charge in [-0.1, -0.05) is 12.1 Å². The van der Waals surface area contributed by atoms with Crippen LogP contribution in [0.2, 0.25) is 0 Å². The van der Waals surface area contributed by atoms with Crippen molar-refractivity contribution in [1.29, 1.82) is 0 Å². The Labute approximate surface area is 99.7 Å². The number of halogens is 1. The SMILES string of the molecule is NC1CCN(C(=O)C=Cc2cccc(F)c2)C1. The van der Waals surface area contributed by atoms with Crippen LogP contribution in [0.3, 0.4) is 0 Å². The molecule has 1 aliphatic heterocycles. The Kier molecular flexibility index (Phi) is 3.54. The predicted molar refractivity (Wildman–Crippen MR) is 64.6 cm³/mol. The van der Waals surface area contributed by atoms with E-state index in [1.54, 1.807) is 23.1 Å². The summed E-state index contributed by atoms with van der Waals surface area (Å²) in [4.78, 5) is 13.4. The van der Waals surface area contributed by atoms with Gasteiger partial charge in [-0.15, -0.1) is 0 Å². The zero-order valence-corrected chi connectivity index (χ0v) is 9.47. The summed E-state index contributed by atoms with van der Waals surface area (Å²) < 4.78 is 12.9. The van der Waals surface area contributed by atoms with Crippen LogP contribution in [0.15, 0.2) is 30.3 Å². The molecule has 1 atom stereocenters. The molecule has 1 aromatic carbocycles. The van der Waals surface area contributed by atoms with Gasteiger partial charge in [0.15, 0.2) is 0 Å². The van der Waals surface area contributed by atoms with E-state index in [0.717, 1.165) is 6.42 Å². The van der Waals surface area contributed by atoms with Crippen LogP contribution in [-0.4, -0.2) is 29.9 Å². The number of benzene rings is 1. The van der Waals surface area contributed by atoms with Crippen molar-refractivity contribution in [2.24, 2.45) is 5.73 Å². The van der Waals surface area contributed by atoms with E-state index in [1.165, 1.54) is 18.2 Å². The lowest BCUT2D eigenvalue weighted by Gasteiger charge is -2.12. The highest BCUT2D eigenvalue weighted by Crippen LogP contribution is 2.09. The lowest BCUT2D eigenvalue weighted by atomic mass is 10.2. The molecule has 1 amide bonds. The molecule has 3 nitrogen and oxygen atoms in total. The first-order chi connectivity index (χ1) is 8.15. The molecule has 0 spiro atoms. The number of likely N-dealkylation sites (tertiary alicyclic amines) is 1. The lowest BCUT2D eigenvalue weighted by Crippen LogP contribution is -2.30. The fraction of sp³-hybridized carbons (Fsp3) is 0.308. The van der Waals surface area contributed by atoms with Crippen LogP contribution in [0.25, 0.3) is 6.08 Å². The van der Waals surface area contributed by atoms with Gasteiger partial charge in [-0.05, 0) is 30.2 Å². The minimum absolute atomic E-state index is 0.0674. The molecule has 1 saturated heterocycles. The van der Waals surface area contributed by atoms with Gasteiger partial charge in [-0.3, -0.25) is 4.79 Å². The standard InChI is InChI=1S/C13H15FN2O/c14-11-3-1-2-10(8-11)4-5-13(17)16-7-6-12(15)9-16/h1-5,8,12H,6-7,9,15H2. The van der Waals surface area contributed by atoms with Gasteiger partial charge in [-0.25, -0.2) is 4.39 Å². The van der Waals surface area contributed by atoms with Crippen LogP contribution in [0.4, 0.5) is 4.39 Å². The molecule has 1 aromatic rings. The van der Waals surface area contributed by atoms with Crippen molar-refractivity contribution in [2.45, 2.75) is 12.5 Å². The van der Waals surface area contributed by atoms with E-state index < -0.39 is 0 Å². The molecule has 0 saturated carbocycles. The Morgan fingerprint density at radius 2 is 2.35 bits per heavy atom. The molecule has 0 radical (unpaired) electrons. The number of amides is 1. The van der Waals surface area contributed by atoms with E-state index in [-0.39, 0.29) is 17.8 Å². The second-order valence-electron chi connectivity index (χ2n) is 4.22. The molecular formula is C13H15FN2O. The van der Waals surface area contributed by atoms with Crippen LogP contribution in [0, 0.1) is 5.82 Å². The molecule has 1 heterocycles. The summed E-state index contributed by atoms with van der Waals surface area (Å²) >= 11 is 0. The summed E-state index contributed by atoms with van der Waals surface area (Å²) in [5, 5.41) is 0. The maximum Gasteiger partial charge on any atom is 0.246 e. The second-order valence-corrected chi connectivity index (χ2v) is 4.22. The monoisotopic (exact) mass is 234 g/mol. The highest BCUT2D eigenvalue weighted by Gasteiger charge is 2.21. The van der Waals surface area contributed by atoms with Gasteiger partial charge in [0.1, 0.15) is 5.82 Å². The summed E-state index contributed by atoms with van der Waals surface area (Å²) in [5.41, 5.74) is 6.40. The third-order valence-corrected chi connectivity index (χ3v) is 2.80. The van der Waals surface area contributed by atoms with Gasteiger partial charge in [0.05, 0.1) is 0 Å². The fourth-order valence-corrected chi connectivity index (χ4v) is 1.87. The van der Waals surface area contributed by atoms with E-state index in [1.807, 2.05) is 0 Å². The van der Waals surface area contributed by atoms with Gasteiger partial charge < -0.3 is 10.6 Å². The number of nitrogens with zero attached hydrogens (tertiary/aromatic N) is 1. The topological polar surface area (TPSA) is 46.3 Å². The number of rotatable bonds is 2. The Balaban J connectivity index is 1.98. The van der Waals surface area contributed by atoms with E-state index >= 15 is 0 Å². The molecule has 4 heteroatoms. The molecular weight excluding hydrogens is 219 g/mol. The summed E-state index contributed by atoms with van der Waals surface area (Å²) in [7, 11) is 0. The molecule has 1 unspecified atom stereocenters. The number of nitrogens with two attached hydrogens (primary N) is 1. The number of hydrogen-bond acceptors (Lipinski definition) is 2. The maximum absolute atomic E-state index is 12.9. The largest absolute Gasteiger partial charge is 0.338 e. The molecule has 1 aliphatic rings. The average molecular weight is 234 g/mol. The van der Waals surface area contributed by atoms with Crippen LogP contribution >= 0.6 is 0 Å². The molecule has 0 bridgehead atoms. The van der Waals surface area contributed by atoms with Crippen LogP contribution in [0.1, 0.15) is 12.0 Å². The molecule has 1 fully saturated rings. The molecule has 2 rings (SSSR count). The zero-order chi connectivity index (χ0) is 12.3. The normalized spacial score (nSPS) is 20.1. The maximum atomic E-state index is 12.9. The van der Waals surface area contributed by atoms with Crippen molar-refractivity contribution >= 4 is 12.0 Å². The molecule has 0 aliphatic carbocycles. The quantitative estimate of drug-likeness (QED) is 0.786. The van der Waals surface area contributed by atoms with E-state index in [0.29, 0.717) is 18.7 Å². The first-order valence-corrected chi connectivity index (χ1v) is 5.63. The third kappa shape index (κ3) is 3.14. The summed E-state index contributed by atoms with van der Waals surface area (Å²) in [6.07, 6.45) is 3.93. The van der Waals surface area contributed by atoms with Gasteiger partial charge in [0.25, 0.3) is 0 Å². The second kappa shape index (κ2) is 5.10. The van der Waals surface area contributed by atoms with Gasteiger partial charge in [-0.2, -0.15) is 0 Å². The molecule has 90 valence electrons. The molecule has 17 heavy (non-hydrogen) atoms. The predicted octanol–water partition coefficient (Wildman–Crippen LogP) is 1.40. The molecule has 2 N–H and O–H groups in total. The van der Waals surface area contributed by atoms with Gasteiger partial charge in [0.2, 0.25) is 5.91 Å². The minimum atomic E-state index is -0.303. The van der Waals surface area contributed by atoms with Gasteiger partial charge >= 0.3 is 0 Å². The third-order valence-electron chi connectivity index (χ3n) is 2.80. The van der Waals surface area contributed by atoms with E-state index in [4.69, 9.17) is 5.73 Å². The Hall–Kier alpha value is -1.68. The van der Waals surface area contributed by atoms with Crippen molar-refractivity contribution < 1.29 is 9.18 Å². The van der Waals surface area contributed by atoms with E-state index in [9.17, 15) is 9.18 Å². The zero-order valence-electron chi connectivity index (χ0n) is 9.47. The van der Waals surface area contributed by atoms with Crippen molar-refractivity contribution in [2.75, 3.05) is 13.1 Å². The van der Waals surface area contributed by atoms with Crippen molar-refractivity contribution in [3.63, 3.8) is 0 Å². The van der Waals surface area contributed by atoms with Crippen LogP contribution < -0.4 is 5.73 Å². The number of hydrogen-bond donors (Lipinski definition) is 1. The van der Waals surface area contributed by atoms with Crippen LogP contribution in [-0.2, 0) is 4.79 Å². The fourth-order valence-electron chi connectivity index (χ4n) is 1.87. The van der Waals surface area contributed by atoms with Crippen molar-refractivity contribution in [3.05, 3.63) is 41.7 Å². The lowest BCUT2D eigenvalue weighted by molar-refractivity contribution is -0.124. The molecule has 0 aromatic heterocycles. The minimum Gasteiger partial charge on any atom is -0.338 e. The summed E-state index contributed by atoms with van der Waals surface area (Å²) in [6.45, 7) is 1.31. The Bertz CT molecular complexity index is 445. The Morgan fingerprint density at radius 3 is 3.00 bits per heavy atom. The van der Waals surface area contributed by atoms with Crippen LogP contribution in [0.5, 0.6) is 0 Å². The van der Waals surface area contributed by atoms with Gasteiger partial charge in [0, 0.05) is 25.2 Å². The summed E-state index contributed by atoms with van der Waals surface area (Å²) in [5.74, 6) is -0.370. The highest BCUT2D eigenvalue weighted by atomic mass is 19.1. The van der Waals surface area contributed by atoms with Crippen molar-refractivity contribution in [3.8, 4) is 0 Å². The number of carbonyl (C=O) groups excluding carboxylic acids is 1. The first kappa shape index (κ1) is 11.8. The van der Waals surface area contributed by atoms with E-state index in [2.05, 4.69) is 0 Å². The average Bonchev–Trinajstić information content (AvgIpc) is 2.73. The van der Waals surface area contributed by atoms with Crippen molar-refractivity contribution in [1.82, 2.24) is 4.90 Å². The number of carbonyl (C=O) groups is 1. The smallest absolute Gasteiger partial charge is 0.246 e. The highest BCUT2D eigenvalue weighted by molar-refractivity contribution is 5.92. The summed E-state index contributed by atoms with van der Waals surface area (Å²) in [6, 6.07) is 6.22. The first-order valence-electron chi connectivity index (χ1n) is 5.63. The Morgan fingerprint density at radius 1 is 1.53 bits per heavy atom.